The highest BCUT2D eigenvalue weighted by Crippen LogP contribution is 2.22. The molecule has 0 saturated carbocycles. The summed E-state index contributed by atoms with van der Waals surface area (Å²) < 4.78 is 27.7. The molecule has 1 heterocycles. The summed E-state index contributed by atoms with van der Waals surface area (Å²) in [5, 5.41) is 7.12. The Bertz CT molecular complexity index is 1300. The molecule has 3 aromatic carbocycles. The molecule has 2 N–H and O–H groups in total. The van der Waals surface area contributed by atoms with Crippen LogP contribution < -0.4 is 10.6 Å². The highest BCUT2D eigenvalue weighted by atomic mass is 32.2. The predicted octanol–water partition coefficient (Wildman–Crippen LogP) is 2.46. The van der Waals surface area contributed by atoms with E-state index in [9.17, 15) is 18.0 Å². The van der Waals surface area contributed by atoms with Crippen LogP contribution in [0.2, 0.25) is 0 Å². The number of anilines is 1. The lowest BCUT2D eigenvalue weighted by molar-refractivity contribution is -0.136. The van der Waals surface area contributed by atoms with Gasteiger partial charge in [-0.1, -0.05) is 49.4 Å². The van der Waals surface area contributed by atoms with Crippen LogP contribution in [0.3, 0.4) is 0 Å². The van der Waals surface area contributed by atoms with Gasteiger partial charge in [0.2, 0.25) is 10.0 Å². The van der Waals surface area contributed by atoms with Gasteiger partial charge >= 0.3 is 11.8 Å². The van der Waals surface area contributed by atoms with Gasteiger partial charge in [0.25, 0.3) is 0 Å². The van der Waals surface area contributed by atoms with E-state index in [1.165, 1.54) is 4.31 Å². The molecule has 0 bridgehead atoms. The van der Waals surface area contributed by atoms with Crippen LogP contribution in [0.4, 0.5) is 5.69 Å². The van der Waals surface area contributed by atoms with Crippen molar-refractivity contribution in [1.29, 1.82) is 0 Å². The second kappa shape index (κ2) is 11.0. The largest absolute Gasteiger partial charge is 0.347 e. The van der Waals surface area contributed by atoms with E-state index in [-0.39, 0.29) is 0 Å². The summed E-state index contributed by atoms with van der Waals surface area (Å²) in [5.41, 5.74) is 1.73. The van der Waals surface area contributed by atoms with Gasteiger partial charge < -0.3 is 10.6 Å². The molecule has 0 aliphatic carbocycles. The molecule has 1 fully saturated rings. The molecule has 2 amide bonds. The van der Waals surface area contributed by atoms with Gasteiger partial charge in [0.1, 0.15) is 0 Å². The third kappa shape index (κ3) is 6.05. The smallest absolute Gasteiger partial charge is 0.313 e. The van der Waals surface area contributed by atoms with Crippen molar-refractivity contribution in [3.05, 3.63) is 72.3 Å². The quantitative estimate of drug-likeness (QED) is 0.492. The lowest BCUT2D eigenvalue weighted by atomic mass is 10.1. The van der Waals surface area contributed by atoms with Crippen molar-refractivity contribution in [2.45, 2.75) is 18.2 Å². The van der Waals surface area contributed by atoms with E-state index in [4.69, 9.17) is 0 Å². The number of hydrogen-bond acceptors (Lipinski definition) is 5. The number of amides is 2. The molecule has 3 aromatic rings. The van der Waals surface area contributed by atoms with Gasteiger partial charge in [-0.3, -0.25) is 14.5 Å². The standard InChI is InChI=1S/C26H30N4O4S/c1-2-20-7-10-23(11-8-20)28-26(32)25(31)27-13-14-29-15-17-30(18-16-29)35(33,34)24-12-9-21-5-3-4-6-22(21)19-24/h3-12,19H,2,13-18H2,1H3,(H,27,31)(H,28,32). The molecule has 184 valence electrons. The fourth-order valence-corrected chi connectivity index (χ4v) is 5.55. The molecule has 8 nitrogen and oxygen atoms in total. The zero-order chi connectivity index (χ0) is 24.8. The zero-order valence-electron chi connectivity index (χ0n) is 19.7. The number of fused-ring (bicyclic) bond motifs is 1. The van der Waals surface area contributed by atoms with Gasteiger partial charge in [-0.2, -0.15) is 4.31 Å². The van der Waals surface area contributed by atoms with E-state index in [0.29, 0.717) is 49.9 Å². The molecule has 0 aromatic heterocycles. The maximum absolute atomic E-state index is 13.1. The van der Waals surface area contributed by atoms with Crippen molar-refractivity contribution in [3.63, 3.8) is 0 Å². The molecule has 4 rings (SSSR count). The van der Waals surface area contributed by atoms with Crippen molar-refractivity contribution in [2.75, 3.05) is 44.6 Å². The van der Waals surface area contributed by atoms with Gasteiger partial charge in [0.15, 0.2) is 0 Å². The minimum Gasteiger partial charge on any atom is -0.347 e. The summed E-state index contributed by atoms with van der Waals surface area (Å²) in [6.07, 6.45) is 0.901. The van der Waals surface area contributed by atoms with Crippen LogP contribution in [-0.2, 0) is 26.0 Å². The Morgan fingerprint density at radius 3 is 2.23 bits per heavy atom. The van der Waals surface area contributed by atoms with Crippen LogP contribution in [0.1, 0.15) is 12.5 Å². The number of nitrogens with one attached hydrogen (secondary N) is 2. The van der Waals surface area contributed by atoms with Gasteiger partial charge in [0.05, 0.1) is 4.90 Å². The summed E-state index contributed by atoms with van der Waals surface area (Å²) in [6, 6.07) is 20.3. The Hall–Kier alpha value is -3.27. The summed E-state index contributed by atoms with van der Waals surface area (Å²) in [4.78, 5) is 26.6. The third-order valence-corrected chi connectivity index (χ3v) is 8.12. The van der Waals surface area contributed by atoms with Crippen LogP contribution in [0.5, 0.6) is 0 Å². The fraction of sp³-hybridized carbons (Fsp3) is 0.308. The van der Waals surface area contributed by atoms with Crippen molar-refractivity contribution in [2.24, 2.45) is 0 Å². The molecular weight excluding hydrogens is 464 g/mol. The number of benzene rings is 3. The second-order valence-electron chi connectivity index (χ2n) is 8.52. The lowest BCUT2D eigenvalue weighted by Gasteiger charge is -2.34. The molecule has 1 aliphatic heterocycles. The molecule has 9 heteroatoms. The molecule has 35 heavy (non-hydrogen) atoms. The SMILES string of the molecule is CCc1ccc(NC(=O)C(=O)NCCN2CCN(S(=O)(=O)c3ccc4ccccc4c3)CC2)cc1. The Morgan fingerprint density at radius 1 is 0.857 bits per heavy atom. The van der Waals surface area contributed by atoms with Gasteiger partial charge in [-0.25, -0.2) is 8.42 Å². The number of hydrogen-bond donors (Lipinski definition) is 2. The first kappa shape index (κ1) is 24.8. The molecule has 0 radical (unpaired) electrons. The second-order valence-corrected chi connectivity index (χ2v) is 10.5. The monoisotopic (exact) mass is 494 g/mol. The minimum atomic E-state index is -3.57. The number of nitrogens with zero attached hydrogens (tertiary/aromatic N) is 2. The van der Waals surface area contributed by atoms with Crippen LogP contribution in [0.25, 0.3) is 10.8 Å². The van der Waals surface area contributed by atoms with Crippen LogP contribution in [0, 0.1) is 0 Å². The molecule has 1 aliphatic rings. The highest BCUT2D eigenvalue weighted by Gasteiger charge is 2.28. The van der Waals surface area contributed by atoms with Gasteiger partial charge in [-0.15, -0.1) is 0 Å². The number of rotatable bonds is 7. The first-order chi connectivity index (χ1) is 16.9. The van der Waals surface area contributed by atoms with E-state index in [1.54, 1.807) is 24.3 Å². The highest BCUT2D eigenvalue weighted by molar-refractivity contribution is 7.89. The van der Waals surface area contributed by atoms with Crippen LogP contribution in [0.15, 0.2) is 71.6 Å². The van der Waals surface area contributed by atoms with E-state index in [0.717, 1.165) is 22.8 Å². The molecule has 0 atom stereocenters. The molecular formula is C26H30N4O4S. The Kier molecular flexibility index (Phi) is 7.80. The molecule has 1 saturated heterocycles. The van der Waals surface area contributed by atoms with Crippen LogP contribution >= 0.6 is 0 Å². The van der Waals surface area contributed by atoms with Crippen molar-refractivity contribution >= 4 is 38.3 Å². The lowest BCUT2D eigenvalue weighted by Crippen LogP contribution is -2.50. The van der Waals surface area contributed by atoms with E-state index in [1.807, 2.05) is 49.4 Å². The first-order valence-electron chi connectivity index (χ1n) is 11.8. The summed E-state index contributed by atoms with van der Waals surface area (Å²) in [6.45, 7) is 4.74. The fourth-order valence-electron chi connectivity index (χ4n) is 4.09. The maximum atomic E-state index is 13.1. The normalized spacial score (nSPS) is 15.1. The van der Waals surface area contributed by atoms with Gasteiger partial charge in [0, 0.05) is 45.0 Å². The number of aryl methyl sites for hydroxylation is 1. The zero-order valence-corrected chi connectivity index (χ0v) is 20.6. The van der Waals surface area contributed by atoms with Crippen molar-refractivity contribution in [1.82, 2.24) is 14.5 Å². The van der Waals surface area contributed by atoms with Gasteiger partial charge in [-0.05, 0) is 47.0 Å². The topological polar surface area (TPSA) is 98.8 Å². The minimum absolute atomic E-state index is 0.298. The van der Waals surface area contributed by atoms with Crippen LogP contribution in [-0.4, -0.2) is 68.7 Å². The third-order valence-electron chi connectivity index (χ3n) is 6.23. The Balaban J connectivity index is 1.22. The predicted molar refractivity (Wildman–Crippen MR) is 137 cm³/mol. The average Bonchev–Trinajstić information content (AvgIpc) is 2.89. The average molecular weight is 495 g/mol. The van der Waals surface area contributed by atoms with Crippen molar-refractivity contribution < 1.29 is 18.0 Å². The molecule has 0 spiro atoms. The number of piperazine rings is 1. The maximum Gasteiger partial charge on any atom is 0.313 e. The molecule has 0 unspecified atom stereocenters. The Labute approximate surface area is 206 Å². The first-order valence-corrected chi connectivity index (χ1v) is 13.2. The van der Waals surface area contributed by atoms with Crippen molar-refractivity contribution in [3.8, 4) is 0 Å². The number of carbonyl (C=O) groups excluding carboxylic acids is 2. The summed E-state index contributed by atoms with van der Waals surface area (Å²) in [5.74, 6) is -1.40. The van der Waals surface area contributed by atoms with E-state index < -0.39 is 21.8 Å². The Morgan fingerprint density at radius 2 is 1.54 bits per heavy atom. The number of carbonyl (C=O) groups is 2. The number of sulfonamides is 1. The summed E-state index contributed by atoms with van der Waals surface area (Å²) >= 11 is 0. The van der Waals surface area contributed by atoms with E-state index in [2.05, 4.69) is 15.5 Å². The summed E-state index contributed by atoms with van der Waals surface area (Å²) in [7, 11) is -3.57. The van der Waals surface area contributed by atoms with E-state index >= 15 is 0 Å².